The minimum atomic E-state index is 1.13. The van der Waals surface area contributed by atoms with Gasteiger partial charge in [-0.1, -0.05) is 112 Å². The predicted molar refractivity (Wildman–Crippen MR) is 198 cm³/mol. The van der Waals surface area contributed by atoms with Gasteiger partial charge in [0.2, 0.25) is 0 Å². The summed E-state index contributed by atoms with van der Waals surface area (Å²) in [6.45, 7) is 4.49. The van der Waals surface area contributed by atoms with Crippen molar-refractivity contribution < 1.29 is 0 Å². The highest BCUT2D eigenvalue weighted by molar-refractivity contribution is 5.80. The van der Waals surface area contributed by atoms with Gasteiger partial charge in [0.15, 0.2) is 0 Å². The Morgan fingerprint density at radius 1 is 0.326 bits per heavy atom. The number of hydrogen-bond donors (Lipinski definition) is 0. The lowest BCUT2D eigenvalue weighted by Gasteiger charge is -2.26. The molecule has 0 amide bonds. The smallest absolute Gasteiger partial charge is 0.0462 e. The van der Waals surface area contributed by atoms with Gasteiger partial charge < -0.3 is 9.80 Å². The van der Waals surface area contributed by atoms with Crippen LogP contribution in [0, 0.1) is 0 Å². The summed E-state index contributed by atoms with van der Waals surface area (Å²) in [5, 5.41) is 0. The molecule has 0 unspecified atom stereocenters. The van der Waals surface area contributed by atoms with E-state index in [0.717, 1.165) is 35.6 Å². The Balaban J connectivity index is 1.26. The highest BCUT2D eigenvalue weighted by Crippen LogP contribution is 2.38. The summed E-state index contributed by atoms with van der Waals surface area (Å²) in [5.74, 6) is 0. The number of benzene rings is 6. The largest absolute Gasteiger partial charge is 0.311 e. The lowest BCUT2D eigenvalue weighted by atomic mass is 10.0. The van der Waals surface area contributed by atoms with Crippen LogP contribution in [0.15, 0.2) is 158 Å². The van der Waals surface area contributed by atoms with Gasteiger partial charge in [-0.25, -0.2) is 0 Å². The SMILES string of the molecule is CCCCc1ccc(N(c2ccccc2)c2ccc(-c3ccc(N(c4ccccc4)c4ccc(CCCC)cc4)cc3)cc2)cc1. The van der Waals surface area contributed by atoms with Gasteiger partial charge in [0.05, 0.1) is 0 Å². The zero-order chi connectivity index (χ0) is 31.6. The number of hydrogen-bond acceptors (Lipinski definition) is 2. The van der Waals surface area contributed by atoms with Crippen LogP contribution in [-0.4, -0.2) is 0 Å². The summed E-state index contributed by atoms with van der Waals surface area (Å²) >= 11 is 0. The lowest BCUT2D eigenvalue weighted by Crippen LogP contribution is -2.10. The first-order valence-corrected chi connectivity index (χ1v) is 16.8. The van der Waals surface area contributed by atoms with Crippen LogP contribution in [0.2, 0.25) is 0 Å². The maximum atomic E-state index is 2.34. The van der Waals surface area contributed by atoms with Gasteiger partial charge in [0, 0.05) is 34.1 Å². The molecule has 6 rings (SSSR count). The van der Waals surface area contributed by atoms with Crippen LogP contribution in [0.4, 0.5) is 34.1 Å². The van der Waals surface area contributed by atoms with Gasteiger partial charge in [-0.3, -0.25) is 0 Å². The third-order valence-electron chi connectivity index (χ3n) is 8.64. The van der Waals surface area contributed by atoms with Crippen molar-refractivity contribution in [1.82, 2.24) is 0 Å². The second-order valence-electron chi connectivity index (χ2n) is 12.0. The van der Waals surface area contributed by atoms with Crippen molar-refractivity contribution in [2.24, 2.45) is 0 Å². The van der Waals surface area contributed by atoms with E-state index in [9.17, 15) is 0 Å². The van der Waals surface area contributed by atoms with Crippen molar-refractivity contribution in [3.63, 3.8) is 0 Å². The van der Waals surface area contributed by atoms with Gasteiger partial charge in [-0.05, 0) is 121 Å². The summed E-state index contributed by atoms with van der Waals surface area (Å²) in [7, 11) is 0. The predicted octanol–water partition coefficient (Wildman–Crippen LogP) is 13.0. The number of anilines is 6. The standard InChI is InChI=1S/C44H44N2/c1-3-5-13-35-19-27-41(28-20-35)45(39-15-9-7-10-16-39)43-31-23-37(24-32-43)38-25-33-44(34-26-38)46(40-17-11-8-12-18-40)42-29-21-36(22-30-42)14-6-4-2/h7-12,15-34H,3-6,13-14H2,1-2H3. The van der Waals surface area contributed by atoms with Gasteiger partial charge in [-0.2, -0.15) is 0 Å². The van der Waals surface area contributed by atoms with Crippen molar-refractivity contribution in [2.45, 2.75) is 52.4 Å². The van der Waals surface area contributed by atoms with Crippen LogP contribution in [0.5, 0.6) is 0 Å². The number of unbranched alkanes of at least 4 members (excludes halogenated alkanes) is 2. The molecule has 230 valence electrons. The Morgan fingerprint density at radius 2 is 0.609 bits per heavy atom. The first-order chi connectivity index (χ1) is 22.7. The monoisotopic (exact) mass is 600 g/mol. The van der Waals surface area contributed by atoms with E-state index < -0.39 is 0 Å². The van der Waals surface area contributed by atoms with Crippen molar-refractivity contribution in [2.75, 3.05) is 9.80 Å². The van der Waals surface area contributed by atoms with Crippen molar-refractivity contribution >= 4 is 34.1 Å². The van der Waals surface area contributed by atoms with Crippen molar-refractivity contribution in [3.8, 4) is 11.1 Å². The number of nitrogens with zero attached hydrogens (tertiary/aromatic N) is 2. The molecule has 0 bridgehead atoms. The lowest BCUT2D eigenvalue weighted by molar-refractivity contribution is 0.795. The molecule has 46 heavy (non-hydrogen) atoms. The molecule has 0 aliphatic carbocycles. The van der Waals surface area contributed by atoms with E-state index in [4.69, 9.17) is 0 Å². The summed E-state index contributed by atoms with van der Waals surface area (Å²) in [5.41, 5.74) is 12.1. The Labute approximate surface area is 275 Å². The van der Waals surface area contributed by atoms with Crippen LogP contribution in [-0.2, 0) is 12.8 Å². The maximum absolute atomic E-state index is 2.34. The molecular weight excluding hydrogens is 556 g/mol. The first kappa shape index (κ1) is 30.9. The molecule has 0 aliphatic heterocycles. The Bertz CT molecular complexity index is 1620. The molecule has 0 spiro atoms. The summed E-state index contributed by atoms with van der Waals surface area (Å²) in [6.07, 6.45) is 7.13. The third kappa shape index (κ3) is 7.41. The normalized spacial score (nSPS) is 10.9. The fraction of sp³-hybridized carbons (Fsp3) is 0.182. The van der Waals surface area contributed by atoms with Crippen LogP contribution in [0.1, 0.15) is 50.7 Å². The molecule has 0 saturated carbocycles. The Hall–Kier alpha value is -5.08. The molecule has 0 fully saturated rings. The number of para-hydroxylation sites is 2. The second-order valence-corrected chi connectivity index (χ2v) is 12.0. The molecule has 0 saturated heterocycles. The van der Waals surface area contributed by atoms with E-state index in [-0.39, 0.29) is 0 Å². The van der Waals surface area contributed by atoms with Crippen LogP contribution in [0.3, 0.4) is 0 Å². The summed E-state index contributed by atoms with van der Waals surface area (Å²) in [6, 6.07) is 57.2. The molecule has 0 atom stereocenters. The minimum absolute atomic E-state index is 1.13. The molecule has 6 aromatic rings. The second kappa shape index (κ2) is 15.3. The first-order valence-electron chi connectivity index (χ1n) is 16.8. The van der Waals surface area contributed by atoms with Gasteiger partial charge in [0.25, 0.3) is 0 Å². The van der Waals surface area contributed by atoms with E-state index in [2.05, 4.69) is 181 Å². The quantitative estimate of drug-likeness (QED) is 0.130. The maximum Gasteiger partial charge on any atom is 0.0462 e. The fourth-order valence-electron chi connectivity index (χ4n) is 6.04. The van der Waals surface area contributed by atoms with Gasteiger partial charge in [0.1, 0.15) is 0 Å². The average Bonchev–Trinajstić information content (AvgIpc) is 3.13. The average molecular weight is 601 g/mol. The Morgan fingerprint density at radius 3 is 0.913 bits per heavy atom. The molecule has 2 heteroatoms. The van der Waals surface area contributed by atoms with E-state index in [1.165, 1.54) is 59.3 Å². The van der Waals surface area contributed by atoms with E-state index in [1.807, 2.05) is 0 Å². The number of aryl methyl sites for hydroxylation is 2. The summed E-state index contributed by atoms with van der Waals surface area (Å²) < 4.78 is 0. The zero-order valence-electron chi connectivity index (χ0n) is 27.1. The molecule has 0 N–H and O–H groups in total. The van der Waals surface area contributed by atoms with Crippen molar-refractivity contribution in [3.05, 3.63) is 169 Å². The molecule has 6 aromatic carbocycles. The van der Waals surface area contributed by atoms with Crippen LogP contribution in [0.25, 0.3) is 11.1 Å². The highest BCUT2D eigenvalue weighted by Gasteiger charge is 2.14. The molecule has 2 nitrogen and oxygen atoms in total. The van der Waals surface area contributed by atoms with Crippen LogP contribution < -0.4 is 9.80 Å². The highest BCUT2D eigenvalue weighted by atomic mass is 15.1. The molecule has 0 radical (unpaired) electrons. The van der Waals surface area contributed by atoms with E-state index in [0.29, 0.717) is 0 Å². The fourth-order valence-corrected chi connectivity index (χ4v) is 6.04. The topological polar surface area (TPSA) is 6.48 Å². The van der Waals surface area contributed by atoms with Gasteiger partial charge in [-0.15, -0.1) is 0 Å². The Kier molecular flexibility index (Phi) is 10.3. The van der Waals surface area contributed by atoms with E-state index in [1.54, 1.807) is 0 Å². The van der Waals surface area contributed by atoms with Crippen molar-refractivity contribution in [1.29, 1.82) is 0 Å². The molecule has 0 aliphatic rings. The third-order valence-corrected chi connectivity index (χ3v) is 8.64. The summed E-state index contributed by atoms with van der Waals surface area (Å²) in [4.78, 5) is 4.67. The van der Waals surface area contributed by atoms with E-state index >= 15 is 0 Å². The zero-order valence-corrected chi connectivity index (χ0v) is 27.1. The molecular formula is C44H44N2. The molecule has 0 heterocycles. The van der Waals surface area contributed by atoms with Crippen LogP contribution >= 0.6 is 0 Å². The van der Waals surface area contributed by atoms with Gasteiger partial charge >= 0.3 is 0 Å². The number of rotatable bonds is 13. The minimum Gasteiger partial charge on any atom is -0.311 e. The molecule has 0 aromatic heterocycles.